The van der Waals surface area contributed by atoms with Crippen molar-refractivity contribution in [1.82, 2.24) is 10.2 Å². The molecule has 0 bridgehead atoms. The molecule has 2 fully saturated rings. The highest BCUT2D eigenvalue weighted by Gasteiger charge is 2.33. The monoisotopic (exact) mass is 274 g/mol. The van der Waals surface area contributed by atoms with Crippen LogP contribution < -0.4 is 5.32 Å². The molecule has 106 valence electrons. The van der Waals surface area contributed by atoms with E-state index < -0.39 is 9.84 Å². The minimum absolute atomic E-state index is 0.272. The average Bonchev–Trinajstić information content (AvgIpc) is 2.33. The summed E-state index contributed by atoms with van der Waals surface area (Å²) in [5.41, 5.74) is 0.272. The largest absolute Gasteiger partial charge is 0.316 e. The number of nitrogens with zero attached hydrogens (tertiary/aromatic N) is 1. The molecule has 18 heavy (non-hydrogen) atoms. The summed E-state index contributed by atoms with van der Waals surface area (Å²) in [4.78, 5) is 2.33. The lowest BCUT2D eigenvalue weighted by molar-refractivity contribution is 0.105. The Hall–Kier alpha value is -0.130. The molecule has 4 nitrogen and oxygen atoms in total. The van der Waals surface area contributed by atoms with Gasteiger partial charge in [0.25, 0.3) is 0 Å². The molecule has 0 aromatic carbocycles. The maximum Gasteiger partial charge on any atom is 0.152 e. The third-order valence-corrected chi connectivity index (χ3v) is 6.08. The van der Waals surface area contributed by atoms with E-state index in [1.54, 1.807) is 0 Å². The van der Waals surface area contributed by atoms with Gasteiger partial charge in [-0.05, 0) is 37.3 Å². The molecule has 5 heteroatoms. The summed E-state index contributed by atoms with van der Waals surface area (Å²) in [6, 6.07) is 0. The summed E-state index contributed by atoms with van der Waals surface area (Å²) in [6.07, 6.45) is 2.56. The van der Waals surface area contributed by atoms with Crippen LogP contribution in [0.25, 0.3) is 0 Å². The quantitative estimate of drug-likeness (QED) is 0.825. The van der Waals surface area contributed by atoms with Crippen molar-refractivity contribution >= 4 is 9.84 Å². The van der Waals surface area contributed by atoms with Crippen molar-refractivity contribution in [3.63, 3.8) is 0 Å². The topological polar surface area (TPSA) is 49.4 Å². The number of sulfone groups is 1. The number of nitrogens with one attached hydrogen (secondary N) is 1. The predicted molar refractivity (Wildman–Crippen MR) is 74.5 cm³/mol. The van der Waals surface area contributed by atoms with E-state index >= 15 is 0 Å². The van der Waals surface area contributed by atoms with Crippen molar-refractivity contribution in [2.75, 3.05) is 44.2 Å². The smallest absolute Gasteiger partial charge is 0.152 e. The van der Waals surface area contributed by atoms with E-state index in [1.807, 2.05) is 0 Å². The summed E-state index contributed by atoms with van der Waals surface area (Å²) >= 11 is 0. The van der Waals surface area contributed by atoms with Gasteiger partial charge in [0.15, 0.2) is 9.84 Å². The molecule has 2 aliphatic rings. The molecule has 2 rings (SSSR count). The van der Waals surface area contributed by atoms with E-state index in [0.717, 1.165) is 19.6 Å². The van der Waals surface area contributed by atoms with Crippen LogP contribution in [0.1, 0.15) is 26.7 Å². The molecule has 0 aliphatic carbocycles. The van der Waals surface area contributed by atoms with Crippen LogP contribution in [0.2, 0.25) is 0 Å². The van der Waals surface area contributed by atoms with Crippen molar-refractivity contribution in [1.29, 1.82) is 0 Å². The molecule has 2 saturated heterocycles. The van der Waals surface area contributed by atoms with Crippen LogP contribution in [0, 0.1) is 11.3 Å². The van der Waals surface area contributed by atoms with E-state index in [9.17, 15) is 8.42 Å². The van der Waals surface area contributed by atoms with Gasteiger partial charge in [-0.3, -0.25) is 0 Å². The molecule has 1 N–H and O–H groups in total. The Bertz CT molecular complexity index is 358. The Labute approximate surface area is 111 Å². The number of rotatable bonds is 3. The number of hydrogen-bond donors (Lipinski definition) is 1. The van der Waals surface area contributed by atoms with Crippen LogP contribution in [0.5, 0.6) is 0 Å². The standard InChI is InChI=1S/C13H26N2O2S/c1-13(2,12-4-3-5-14-10-12)11-15-6-8-18(16,17)9-7-15/h12,14H,3-11H2,1-2H3. The minimum Gasteiger partial charge on any atom is -0.316 e. The SMILES string of the molecule is CC(C)(CN1CCS(=O)(=O)CC1)C1CCCNC1. The lowest BCUT2D eigenvalue weighted by Crippen LogP contribution is -2.48. The first-order valence-corrected chi connectivity index (χ1v) is 8.85. The highest BCUT2D eigenvalue weighted by molar-refractivity contribution is 7.91. The fourth-order valence-corrected chi connectivity index (χ4v) is 4.41. The van der Waals surface area contributed by atoms with Gasteiger partial charge in [-0.25, -0.2) is 8.42 Å². The summed E-state index contributed by atoms with van der Waals surface area (Å²) in [6.45, 7) is 9.36. The van der Waals surface area contributed by atoms with Crippen LogP contribution >= 0.6 is 0 Å². The van der Waals surface area contributed by atoms with Crippen molar-refractivity contribution in [2.45, 2.75) is 26.7 Å². The molecule has 0 aromatic rings. The van der Waals surface area contributed by atoms with Gasteiger partial charge in [-0.2, -0.15) is 0 Å². The fourth-order valence-electron chi connectivity index (χ4n) is 3.13. The maximum atomic E-state index is 11.4. The van der Waals surface area contributed by atoms with Gasteiger partial charge in [-0.15, -0.1) is 0 Å². The molecule has 2 aliphatic heterocycles. The second kappa shape index (κ2) is 5.47. The predicted octanol–water partition coefficient (Wildman–Crippen LogP) is 0.743. The minimum atomic E-state index is -2.75. The molecule has 0 aromatic heterocycles. The molecule has 0 spiro atoms. The zero-order chi connectivity index (χ0) is 13.2. The molecule has 0 amide bonds. The van der Waals surface area contributed by atoms with Crippen LogP contribution in [0.4, 0.5) is 0 Å². The summed E-state index contributed by atoms with van der Waals surface area (Å²) < 4.78 is 22.9. The molecule has 1 atom stereocenters. The van der Waals surface area contributed by atoms with E-state index in [0.29, 0.717) is 30.5 Å². The summed E-state index contributed by atoms with van der Waals surface area (Å²) in [5, 5.41) is 3.48. The number of hydrogen-bond acceptors (Lipinski definition) is 4. The van der Waals surface area contributed by atoms with Crippen molar-refractivity contribution in [3.8, 4) is 0 Å². The second-order valence-electron chi connectivity index (χ2n) is 6.46. The zero-order valence-electron chi connectivity index (χ0n) is 11.6. The maximum absolute atomic E-state index is 11.4. The molecular formula is C13H26N2O2S. The van der Waals surface area contributed by atoms with Crippen molar-refractivity contribution in [3.05, 3.63) is 0 Å². The van der Waals surface area contributed by atoms with Crippen LogP contribution in [-0.2, 0) is 9.84 Å². The second-order valence-corrected chi connectivity index (χ2v) is 8.76. The number of piperidine rings is 1. The van der Waals surface area contributed by atoms with Gasteiger partial charge in [0, 0.05) is 19.6 Å². The third kappa shape index (κ3) is 3.68. The average molecular weight is 274 g/mol. The van der Waals surface area contributed by atoms with E-state index in [-0.39, 0.29) is 5.41 Å². The van der Waals surface area contributed by atoms with Gasteiger partial charge in [0.05, 0.1) is 11.5 Å². The van der Waals surface area contributed by atoms with E-state index in [1.165, 1.54) is 12.8 Å². The first-order chi connectivity index (χ1) is 8.39. The first kappa shape index (κ1) is 14.3. The fraction of sp³-hybridized carbons (Fsp3) is 1.00. The van der Waals surface area contributed by atoms with E-state index in [4.69, 9.17) is 0 Å². The molecule has 0 radical (unpaired) electrons. The van der Waals surface area contributed by atoms with Crippen LogP contribution in [0.3, 0.4) is 0 Å². The van der Waals surface area contributed by atoms with Crippen LogP contribution in [0.15, 0.2) is 0 Å². The molecular weight excluding hydrogens is 248 g/mol. The molecule has 2 heterocycles. The highest BCUT2D eigenvalue weighted by Crippen LogP contribution is 2.32. The Morgan fingerprint density at radius 2 is 1.94 bits per heavy atom. The third-order valence-electron chi connectivity index (χ3n) is 4.47. The summed E-state index contributed by atoms with van der Waals surface area (Å²) in [7, 11) is -2.75. The molecule has 0 saturated carbocycles. The summed E-state index contributed by atoms with van der Waals surface area (Å²) in [5.74, 6) is 1.39. The van der Waals surface area contributed by atoms with Gasteiger partial charge < -0.3 is 10.2 Å². The Morgan fingerprint density at radius 3 is 2.50 bits per heavy atom. The van der Waals surface area contributed by atoms with Crippen LogP contribution in [-0.4, -0.2) is 57.5 Å². The lowest BCUT2D eigenvalue weighted by atomic mass is 9.74. The Kier molecular flexibility index (Phi) is 4.34. The normalized spacial score (nSPS) is 30.2. The van der Waals surface area contributed by atoms with Gasteiger partial charge in [0.1, 0.15) is 0 Å². The van der Waals surface area contributed by atoms with Crippen molar-refractivity contribution in [2.24, 2.45) is 11.3 Å². The molecule has 1 unspecified atom stereocenters. The van der Waals surface area contributed by atoms with E-state index in [2.05, 4.69) is 24.1 Å². The lowest BCUT2D eigenvalue weighted by Gasteiger charge is -2.41. The van der Waals surface area contributed by atoms with Gasteiger partial charge in [0.2, 0.25) is 0 Å². The first-order valence-electron chi connectivity index (χ1n) is 7.03. The van der Waals surface area contributed by atoms with Crippen molar-refractivity contribution < 1.29 is 8.42 Å². The highest BCUT2D eigenvalue weighted by atomic mass is 32.2. The Balaban J connectivity index is 1.88. The van der Waals surface area contributed by atoms with Gasteiger partial charge >= 0.3 is 0 Å². The zero-order valence-corrected chi connectivity index (χ0v) is 12.4. The Morgan fingerprint density at radius 1 is 1.28 bits per heavy atom. The van der Waals surface area contributed by atoms with Gasteiger partial charge in [-0.1, -0.05) is 13.8 Å².